The molecule has 102 valence electrons. The van der Waals surface area contributed by atoms with Gasteiger partial charge in [-0.05, 0) is 39.7 Å². The molecule has 1 aromatic carbocycles. The maximum Gasteiger partial charge on any atom is 0.128 e. The Morgan fingerprint density at radius 2 is 2.00 bits per heavy atom. The van der Waals surface area contributed by atoms with Gasteiger partial charge in [0.25, 0.3) is 0 Å². The zero-order valence-electron chi connectivity index (χ0n) is 11.3. The van der Waals surface area contributed by atoms with Gasteiger partial charge in [-0.25, -0.2) is 4.39 Å². The normalized spacial score (nSPS) is 11.1. The van der Waals surface area contributed by atoms with Crippen molar-refractivity contribution < 1.29 is 9.13 Å². The molecule has 3 nitrogen and oxygen atoms in total. The van der Waals surface area contributed by atoms with Crippen molar-refractivity contribution in [3.8, 4) is 0 Å². The fraction of sp³-hybridized carbons (Fsp3) is 0.571. The number of nitrogens with zero attached hydrogens (tertiary/aromatic N) is 1. The average molecular weight is 254 g/mol. The van der Waals surface area contributed by atoms with Crippen molar-refractivity contribution in [3.05, 3.63) is 35.6 Å². The van der Waals surface area contributed by atoms with Gasteiger partial charge < -0.3 is 15.0 Å². The van der Waals surface area contributed by atoms with Gasteiger partial charge in [0.15, 0.2) is 0 Å². The first-order chi connectivity index (χ1) is 8.70. The molecule has 0 aromatic heterocycles. The number of hydrogen-bond donors (Lipinski definition) is 1. The monoisotopic (exact) mass is 254 g/mol. The summed E-state index contributed by atoms with van der Waals surface area (Å²) in [6.07, 6.45) is 1.13. The summed E-state index contributed by atoms with van der Waals surface area (Å²) in [4.78, 5) is 2.16. The Bertz CT molecular complexity index is 331. The lowest BCUT2D eigenvalue weighted by Gasteiger charge is -2.10. The van der Waals surface area contributed by atoms with E-state index in [4.69, 9.17) is 4.74 Å². The van der Waals surface area contributed by atoms with E-state index in [2.05, 4.69) is 24.3 Å². The lowest BCUT2D eigenvalue weighted by molar-refractivity contribution is 0.120. The molecule has 0 heterocycles. The molecule has 0 amide bonds. The summed E-state index contributed by atoms with van der Waals surface area (Å²) in [7, 11) is 4.13. The molecule has 0 unspecified atom stereocenters. The van der Waals surface area contributed by atoms with Gasteiger partial charge in [-0.15, -0.1) is 0 Å². The second-order valence-corrected chi connectivity index (χ2v) is 4.55. The van der Waals surface area contributed by atoms with E-state index in [-0.39, 0.29) is 5.82 Å². The Kier molecular flexibility index (Phi) is 7.57. The van der Waals surface area contributed by atoms with Crippen LogP contribution >= 0.6 is 0 Å². The minimum Gasteiger partial charge on any atom is -0.375 e. The fourth-order valence-corrected chi connectivity index (χ4v) is 1.59. The first-order valence-corrected chi connectivity index (χ1v) is 6.36. The minimum atomic E-state index is -0.198. The van der Waals surface area contributed by atoms with Crippen molar-refractivity contribution in [2.75, 3.05) is 40.3 Å². The van der Waals surface area contributed by atoms with Gasteiger partial charge in [0.05, 0.1) is 13.2 Å². The van der Waals surface area contributed by atoms with E-state index in [0.29, 0.717) is 18.8 Å². The summed E-state index contributed by atoms with van der Waals surface area (Å²) >= 11 is 0. The molecule has 4 heteroatoms. The van der Waals surface area contributed by atoms with Crippen LogP contribution in [0.15, 0.2) is 24.3 Å². The summed E-state index contributed by atoms with van der Waals surface area (Å²) in [6.45, 7) is 3.83. The van der Waals surface area contributed by atoms with Crippen molar-refractivity contribution in [1.82, 2.24) is 10.2 Å². The highest BCUT2D eigenvalue weighted by molar-refractivity contribution is 5.16. The van der Waals surface area contributed by atoms with Crippen LogP contribution in [0.25, 0.3) is 0 Å². The van der Waals surface area contributed by atoms with E-state index in [1.807, 2.05) is 6.07 Å². The largest absolute Gasteiger partial charge is 0.375 e. The lowest BCUT2D eigenvalue weighted by atomic mass is 10.2. The molecule has 0 atom stereocenters. The van der Waals surface area contributed by atoms with Crippen molar-refractivity contribution in [1.29, 1.82) is 0 Å². The quantitative estimate of drug-likeness (QED) is 0.681. The highest BCUT2D eigenvalue weighted by Gasteiger charge is 1.99. The Labute approximate surface area is 109 Å². The van der Waals surface area contributed by atoms with Gasteiger partial charge >= 0.3 is 0 Å². The smallest absolute Gasteiger partial charge is 0.128 e. The van der Waals surface area contributed by atoms with Gasteiger partial charge in [0.2, 0.25) is 0 Å². The number of hydrogen-bond acceptors (Lipinski definition) is 3. The molecule has 1 rings (SSSR count). The maximum atomic E-state index is 13.2. The predicted octanol–water partition coefficient (Wildman–Crippen LogP) is 1.88. The third kappa shape index (κ3) is 6.69. The summed E-state index contributed by atoms with van der Waals surface area (Å²) in [5, 5.41) is 3.30. The first-order valence-electron chi connectivity index (χ1n) is 6.36. The minimum absolute atomic E-state index is 0.198. The molecule has 18 heavy (non-hydrogen) atoms. The number of nitrogens with one attached hydrogen (secondary N) is 1. The van der Waals surface area contributed by atoms with Crippen LogP contribution in [0.4, 0.5) is 4.39 Å². The summed E-state index contributed by atoms with van der Waals surface area (Å²) in [5.74, 6) is -0.198. The molecule has 1 aromatic rings. The van der Waals surface area contributed by atoms with Crippen molar-refractivity contribution >= 4 is 0 Å². The van der Waals surface area contributed by atoms with Gasteiger partial charge in [-0.1, -0.05) is 18.2 Å². The van der Waals surface area contributed by atoms with Crippen molar-refractivity contribution in [2.45, 2.75) is 13.0 Å². The standard InChI is InChI=1S/C14H23FN2O/c1-17(2)10-5-8-16-9-11-18-12-13-6-3-4-7-14(13)15/h3-4,6-7,16H,5,8-12H2,1-2H3. The van der Waals surface area contributed by atoms with Crippen LogP contribution in [-0.2, 0) is 11.3 Å². The van der Waals surface area contributed by atoms with E-state index in [0.717, 1.165) is 26.1 Å². The molecule has 0 aliphatic carbocycles. The van der Waals surface area contributed by atoms with Crippen molar-refractivity contribution in [2.24, 2.45) is 0 Å². The van der Waals surface area contributed by atoms with Crippen LogP contribution in [0.1, 0.15) is 12.0 Å². The van der Waals surface area contributed by atoms with Crippen LogP contribution in [0.3, 0.4) is 0 Å². The summed E-state index contributed by atoms with van der Waals surface area (Å²) in [6, 6.07) is 6.71. The molecule has 1 N–H and O–H groups in total. The third-order valence-corrected chi connectivity index (χ3v) is 2.60. The topological polar surface area (TPSA) is 24.5 Å². The van der Waals surface area contributed by atoms with Crippen LogP contribution < -0.4 is 5.32 Å². The Hall–Kier alpha value is -0.970. The number of ether oxygens (including phenoxy) is 1. The molecule has 0 spiro atoms. The second kappa shape index (κ2) is 9.03. The van der Waals surface area contributed by atoms with Crippen LogP contribution in [0.2, 0.25) is 0 Å². The summed E-state index contributed by atoms with van der Waals surface area (Å²) in [5.41, 5.74) is 0.616. The predicted molar refractivity (Wildman–Crippen MR) is 72.1 cm³/mol. The third-order valence-electron chi connectivity index (χ3n) is 2.60. The van der Waals surface area contributed by atoms with Gasteiger partial charge in [0.1, 0.15) is 5.82 Å². The fourth-order valence-electron chi connectivity index (χ4n) is 1.59. The van der Waals surface area contributed by atoms with Crippen LogP contribution in [0, 0.1) is 5.82 Å². The van der Waals surface area contributed by atoms with Gasteiger partial charge in [0, 0.05) is 12.1 Å². The maximum absolute atomic E-state index is 13.2. The number of halogens is 1. The van der Waals surface area contributed by atoms with Gasteiger partial charge in [-0.3, -0.25) is 0 Å². The van der Waals surface area contributed by atoms with Crippen LogP contribution in [-0.4, -0.2) is 45.2 Å². The molecular formula is C14H23FN2O. The van der Waals surface area contributed by atoms with E-state index >= 15 is 0 Å². The molecule has 0 saturated heterocycles. The molecule has 0 aliphatic rings. The molecule has 0 saturated carbocycles. The average Bonchev–Trinajstić information content (AvgIpc) is 2.34. The Morgan fingerprint density at radius 1 is 1.22 bits per heavy atom. The Morgan fingerprint density at radius 3 is 2.72 bits per heavy atom. The van der Waals surface area contributed by atoms with E-state index < -0.39 is 0 Å². The number of benzene rings is 1. The molecule has 0 radical (unpaired) electrons. The second-order valence-electron chi connectivity index (χ2n) is 4.55. The van der Waals surface area contributed by atoms with Gasteiger partial charge in [-0.2, -0.15) is 0 Å². The molecular weight excluding hydrogens is 231 g/mol. The van der Waals surface area contributed by atoms with E-state index in [1.54, 1.807) is 12.1 Å². The Balaban J connectivity index is 1.98. The molecule has 0 aliphatic heterocycles. The highest BCUT2D eigenvalue weighted by Crippen LogP contribution is 2.06. The summed E-state index contributed by atoms with van der Waals surface area (Å²) < 4.78 is 18.7. The molecule has 0 bridgehead atoms. The molecule has 0 fully saturated rings. The number of rotatable bonds is 9. The van der Waals surface area contributed by atoms with E-state index in [1.165, 1.54) is 6.07 Å². The van der Waals surface area contributed by atoms with E-state index in [9.17, 15) is 4.39 Å². The zero-order valence-corrected chi connectivity index (χ0v) is 11.3. The first kappa shape index (κ1) is 15.1. The van der Waals surface area contributed by atoms with Crippen molar-refractivity contribution in [3.63, 3.8) is 0 Å². The lowest BCUT2D eigenvalue weighted by Crippen LogP contribution is -2.24. The SMILES string of the molecule is CN(C)CCCNCCOCc1ccccc1F. The van der Waals surface area contributed by atoms with Crippen LogP contribution in [0.5, 0.6) is 0 Å². The highest BCUT2D eigenvalue weighted by atomic mass is 19.1. The zero-order chi connectivity index (χ0) is 13.2.